The molecule has 0 unspecified atom stereocenters. The molecule has 1 aromatic carbocycles. The number of piperidine rings is 1. The number of benzene rings is 1. The molecule has 0 spiro atoms. The Morgan fingerprint density at radius 3 is 2.17 bits per heavy atom. The van der Waals surface area contributed by atoms with Crippen molar-refractivity contribution in [2.75, 3.05) is 13.1 Å². The van der Waals surface area contributed by atoms with Crippen LogP contribution >= 0.6 is 0 Å². The van der Waals surface area contributed by atoms with Crippen molar-refractivity contribution in [3.63, 3.8) is 0 Å². The number of carbonyl (C=O) groups excluding carboxylic acids is 3. The molecule has 122 valence electrons. The van der Waals surface area contributed by atoms with Crippen LogP contribution in [0.25, 0.3) is 0 Å². The van der Waals surface area contributed by atoms with E-state index in [0.29, 0.717) is 31.5 Å². The third-order valence-electron chi connectivity index (χ3n) is 4.59. The fourth-order valence-corrected chi connectivity index (χ4v) is 2.92. The number of aryl methyl sites for hydroxylation is 1. The SMILES string of the molecule is Cc1ccc(C(=O)C(=O)NC2CCN(C(=O)C3CC3)CC2)cc1. The summed E-state index contributed by atoms with van der Waals surface area (Å²) in [5.74, 6) is -0.558. The minimum absolute atomic E-state index is 0.0276. The van der Waals surface area contributed by atoms with Crippen molar-refractivity contribution < 1.29 is 14.4 Å². The minimum Gasteiger partial charge on any atom is -0.346 e. The van der Waals surface area contributed by atoms with Crippen LogP contribution in [0.2, 0.25) is 0 Å². The second kappa shape index (κ2) is 6.52. The van der Waals surface area contributed by atoms with Crippen molar-refractivity contribution in [1.82, 2.24) is 10.2 Å². The topological polar surface area (TPSA) is 66.5 Å². The number of nitrogens with zero attached hydrogens (tertiary/aromatic N) is 1. The Bertz CT molecular complexity index is 612. The van der Waals surface area contributed by atoms with Gasteiger partial charge in [-0.05, 0) is 32.6 Å². The molecule has 1 saturated heterocycles. The van der Waals surface area contributed by atoms with Gasteiger partial charge in [-0.25, -0.2) is 0 Å². The average Bonchev–Trinajstić information content (AvgIpc) is 3.40. The molecule has 1 heterocycles. The highest BCUT2D eigenvalue weighted by atomic mass is 16.2. The molecular formula is C18H22N2O3. The first kappa shape index (κ1) is 15.7. The van der Waals surface area contributed by atoms with Crippen LogP contribution in [0.5, 0.6) is 0 Å². The Labute approximate surface area is 136 Å². The maximum absolute atomic E-state index is 12.1. The molecule has 5 heteroatoms. The summed E-state index contributed by atoms with van der Waals surface area (Å²) in [5.41, 5.74) is 1.46. The summed E-state index contributed by atoms with van der Waals surface area (Å²) >= 11 is 0. The summed E-state index contributed by atoms with van der Waals surface area (Å²) in [6.45, 7) is 3.27. The highest BCUT2D eigenvalue weighted by Crippen LogP contribution is 2.31. The van der Waals surface area contributed by atoms with E-state index in [4.69, 9.17) is 0 Å². The lowest BCUT2D eigenvalue weighted by atomic mass is 10.0. The van der Waals surface area contributed by atoms with Gasteiger partial charge < -0.3 is 10.2 Å². The molecule has 1 N–H and O–H groups in total. The van der Waals surface area contributed by atoms with Crippen LogP contribution in [0.15, 0.2) is 24.3 Å². The van der Waals surface area contributed by atoms with Crippen molar-refractivity contribution in [2.45, 2.75) is 38.6 Å². The second-order valence-corrected chi connectivity index (χ2v) is 6.54. The Kier molecular flexibility index (Phi) is 4.46. The smallest absolute Gasteiger partial charge is 0.292 e. The lowest BCUT2D eigenvalue weighted by molar-refractivity contribution is -0.133. The number of amides is 2. The molecule has 23 heavy (non-hydrogen) atoms. The first-order valence-corrected chi connectivity index (χ1v) is 8.25. The summed E-state index contributed by atoms with van der Waals surface area (Å²) in [6, 6.07) is 6.97. The first-order chi connectivity index (χ1) is 11.0. The molecule has 0 bridgehead atoms. The number of Topliss-reactive ketones (excluding diaryl/α,β-unsaturated/α-hetero) is 1. The van der Waals surface area contributed by atoms with Gasteiger partial charge in [0.25, 0.3) is 5.91 Å². The van der Waals surface area contributed by atoms with E-state index in [1.165, 1.54) is 0 Å². The normalized spacial score (nSPS) is 18.6. The number of hydrogen-bond donors (Lipinski definition) is 1. The van der Waals surface area contributed by atoms with E-state index in [2.05, 4.69) is 5.32 Å². The largest absolute Gasteiger partial charge is 0.346 e. The zero-order valence-electron chi connectivity index (χ0n) is 13.4. The van der Waals surface area contributed by atoms with Crippen LogP contribution in [0.4, 0.5) is 0 Å². The highest BCUT2D eigenvalue weighted by molar-refractivity contribution is 6.42. The predicted octanol–water partition coefficient (Wildman–Crippen LogP) is 1.69. The molecule has 2 amide bonds. The van der Waals surface area contributed by atoms with E-state index in [9.17, 15) is 14.4 Å². The summed E-state index contributed by atoms with van der Waals surface area (Å²) in [7, 11) is 0. The number of likely N-dealkylation sites (tertiary alicyclic amines) is 1. The van der Waals surface area contributed by atoms with Crippen LogP contribution < -0.4 is 5.32 Å². The molecule has 0 aromatic heterocycles. The van der Waals surface area contributed by atoms with Crippen molar-refractivity contribution in [3.8, 4) is 0 Å². The monoisotopic (exact) mass is 314 g/mol. The Balaban J connectivity index is 1.49. The van der Waals surface area contributed by atoms with E-state index >= 15 is 0 Å². The molecule has 0 radical (unpaired) electrons. The lowest BCUT2D eigenvalue weighted by Crippen LogP contribution is -2.48. The third kappa shape index (κ3) is 3.78. The van der Waals surface area contributed by atoms with Gasteiger partial charge >= 0.3 is 0 Å². The molecule has 0 atom stereocenters. The molecule has 1 aliphatic heterocycles. The van der Waals surface area contributed by atoms with Crippen LogP contribution in [0, 0.1) is 12.8 Å². The van der Waals surface area contributed by atoms with Gasteiger partial charge in [0.05, 0.1) is 0 Å². The maximum atomic E-state index is 12.1. The average molecular weight is 314 g/mol. The van der Waals surface area contributed by atoms with E-state index in [1.54, 1.807) is 12.1 Å². The fourth-order valence-electron chi connectivity index (χ4n) is 2.92. The molecule has 1 aromatic rings. The van der Waals surface area contributed by atoms with Crippen molar-refractivity contribution in [1.29, 1.82) is 0 Å². The quantitative estimate of drug-likeness (QED) is 0.679. The number of carbonyl (C=O) groups is 3. The third-order valence-corrected chi connectivity index (χ3v) is 4.59. The van der Waals surface area contributed by atoms with Gasteiger partial charge in [-0.15, -0.1) is 0 Å². The minimum atomic E-state index is -0.555. The molecule has 5 nitrogen and oxygen atoms in total. The van der Waals surface area contributed by atoms with E-state index < -0.39 is 11.7 Å². The maximum Gasteiger partial charge on any atom is 0.292 e. The summed E-state index contributed by atoms with van der Waals surface area (Å²) in [4.78, 5) is 38.1. The number of hydrogen-bond acceptors (Lipinski definition) is 3. The Hall–Kier alpha value is -2.17. The number of rotatable bonds is 4. The van der Waals surface area contributed by atoms with Gasteiger partial charge in [-0.2, -0.15) is 0 Å². The lowest BCUT2D eigenvalue weighted by Gasteiger charge is -2.32. The zero-order chi connectivity index (χ0) is 16.4. The molecule has 2 fully saturated rings. The van der Waals surface area contributed by atoms with Crippen LogP contribution in [0.3, 0.4) is 0 Å². The van der Waals surface area contributed by atoms with E-state index in [1.807, 2.05) is 24.0 Å². The van der Waals surface area contributed by atoms with Gasteiger partial charge in [0.1, 0.15) is 0 Å². The van der Waals surface area contributed by atoms with Crippen molar-refractivity contribution in [2.24, 2.45) is 5.92 Å². The highest BCUT2D eigenvalue weighted by Gasteiger charge is 2.35. The van der Waals surface area contributed by atoms with Gasteiger partial charge in [0.2, 0.25) is 11.7 Å². The fraction of sp³-hybridized carbons (Fsp3) is 0.500. The molecule has 3 rings (SSSR count). The molecule has 1 saturated carbocycles. The number of nitrogens with one attached hydrogen (secondary N) is 1. The van der Waals surface area contributed by atoms with Gasteiger partial charge in [0.15, 0.2) is 0 Å². The summed E-state index contributed by atoms with van der Waals surface area (Å²) < 4.78 is 0. The van der Waals surface area contributed by atoms with Crippen molar-refractivity contribution in [3.05, 3.63) is 35.4 Å². The van der Waals surface area contributed by atoms with E-state index in [0.717, 1.165) is 18.4 Å². The standard InChI is InChI=1S/C18H22N2O3/c1-12-2-4-13(5-3-12)16(21)17(22)19-15-8-10-20(11-9-15)18(23)14-6-7-14/h2-5,14-15H,6-11H2,1H3,(H,19,22). The second-order valence-electron chi connectivity index (χ2n) is 6.54. The van der Waals surface area contributed by atoms with Crippen LogP contribution in [0.1, 0.15) is 41.6 Å². The van der Waals surface area contributed by atoms with Crippen molar-refractivity contribution >= 4 is 17.6 Å². The Morgan fingerprint density at radius 1 is 1.00 bits per heavy atom. The van der Waals surface area contributed by atoms with E-state index in [-0.39, 0.29) is 17.9 Å². The first-order valence-electron chi connectivity index (χ1n) is 8.25. The van der Waals surface area contributed by atoms with Gasteiger partial charge in [-0.1, -0.05) is 29.8 Å². The summed E-state index contributed by atoms with van der Waals surface area (Å²) in [5, 5.41) is 2.81. The molecule has 1 aliphatic carbocycles. The van der Waals surface area contributed by atoms with Gasteiger partial charge in [0, 0.05) is 30.6 Å². The number of ketones is 1. The zero-order valence-corrected chi connectivity index (χ0v) is 13.4. The van der Waals surface area contributed by atoms with Crippen LogP contribution in [-0.2, 0) is 9.59 Å². The predicted molar refractivity (Wildman–Crippen MR) is 86.0 cm³/mol. The summed E-state index contributed by atoms with van der Waals surface area (Å²) in [6.07, 6.45) is 3.46. The molecular weight excluding hydrogens is 292 g/mol. The Morgan fingerprint density at radius 2 is 1.61 bits per heavy atom. The van der Waals surface area contributed by atoms with Crippen LogP contribution in [-0.4, -0.2) is 41.6 Å². The van der Waals surface area contributed by atoms with Gasteiger partial charge in [-0.3, -0.25) is 14.4 Å². The molecule has 2 aliphatic rings.